The Morgan fingerprint density at radius 1 is 1.64 bits per heavy atom. The first kappa shape index (κ1) is 8.60. The van der Waals surface area contributed by atoms with Crippen LogP contribution < -0.4 is 0 Å². The fourth-order valence-electron chi connectivity index (χ4n) is 1.09. The topological polar surface area (TPSA) is 20.3 Å². The largest absolute Gasteiger partial charge is 0.337 e. The minimum atomic E-state index is -0.388. The molecule has 0 aliphatic carbocycles. The molecule has 0 N–H and O–H groups in total. The standard InChI is InChI=1S/C8H12ClNO/c1-7(9)8(11)10-5-3-2-4-6-10/h2-3,7H,4-6H2,1H3/t7-/m0/s1. The van der Waals surface area contributed by atoms with Crippen molar-refractivity contribution in [3.8, 4) is 0 Å². The molecule has 2 nitrogen and oxygen atoms in total. The highest BCUT2D eigenvalue weighted by atomic mass is 35.5. The highest BCUT2D eigenvalue weighted by Gasteiger charge is 2.17. The predicted molar refractivity (Wildman–Crippen MR) is 45.7 cm³/mol. The zero-order valence-electron chi connectivity index (χ0n) is 6.59. The maximum atomic E-state index is 11.3. The number of nitrogens with zero attached hydrogens (tertiary/aromatic N) is 1. The van der Waals surface area contributed by atoms with Gasteiger partial charge in [-0.25, -0.2) is 0 Å². The summed E-state index contributed by atoms with van der Waals surface area (Å²) >= 11 is 5.65. The van der Waals surface area contributed by atoms with Crippen molar-refractivity contribution in [3.05, 3.63) is 12.2 Å². The summed E-state index contributed by atoms with van der Waals surface area (Å²) in [6.07, 6.45) is 5.04. The van der Waals surface area contributed by atoms with E-state index in [-0.39, 0.29) is 11.3 Å². The summed E-state index contributed by atoms with van der Waals surface area (Å²) in [6, 6.07) is 0. The lowest BCUT2D eigenvalue weighted by Gasteiger charge is -2.24. The van der Waals surface area contributed by atoms with Crippen molar-refractivity contribution in [2.24, 2.45) is 0 Å². The van der Waals surface area contributed by atoms with E-state index in [1.54, 1.807) is 11.8 Å². The van der Waals surface area contributed by atoms with Gasteiger partial charge in [0.05, 0.1) is 0 Å². The molecular formula is C8H12ClNO. The van der Waals surface area contributed by atoms with Gasteiger partial charge in [-0.1, -0.05) is 12.2 Å². The first-order valence-corrected chi connectivity index (χ1v) is 4.23. The Balaban J connectivity index is 2.47. The number of amides is 1. The molecule has 0 spiro atoms. The zero-order chi connectivity index (χ0) is 8.27. The molecule has 0 unspecified atom stereocenters. The molecule has 3 heteroatoms. The smallest absolute Gasteiger partial charge is 0.240 e. The third-order valence-electron chi connectivity index (χ3n) is 1.71. The van der Waals surface area contributed by atoms with Crippen LogP contribution in [0.25, 0.3) is 0 Å². The molecule has 0 aromatic rings. The number of alkyl halides is 1. The molecule has 0 radical (unpaired) electrons. The molecule has 1 atom stereocenters. The molecule has 11 heavy (non-hydrogen) atoms. The van der Waals surface area contributed by atoms with Crippen molar-refractivity contribution in [2.45, 2.75) is 18.7 Å². The Bertz CT molecular complexity index is 177. The fourth-order valence-corrected chi connectivity index (χ4v) is 1.23. The van der Waals surface area contributed by atoms with Gasteiger partial charge in [-0.05, 0) is 13.3 Å². The van der Waals surface area contributed by atoms with E-state index >= 15 is 0 Å². The van der Waals surface area contributed by atoms with Crippen LogP contribution in [0, 0.1) is 0 Å². The normalized spacial score (nSPS) is 20.0. The minimum Gasteiger partial charge on any atom is -0.337 e. The second-order valence-electron chi connectivity index (χ2n) is 2.66. The van der Waals surface area contributed by atoms with Crippen molar-refractivity contribution in [2.75, 3.05) is 13.1 Å². The molecule has 1 aliphatic rings. The highest BCUT2D eigenvalue weighted by Crippen LogP contribution is 2.06. The SMILES string of the molecule is C[C@H](Cl)C(=O)N1CC=CCC1. The number of hydrogen-bond acceptors (Lipinski definition) is 1. The predicted octanol–water partition coefficient (Wildman–Crippen LogP) is 1.40. The lowest BCUT2D eigenvalue weighted by Crippen LogP contribution is -2.37. The molecule has 1 rings (SSSR count). The van der Waals surface area contributed by atoms with E-state index in [1.807, 2.05) is 6.08 Å². The Morgan fingerprint density at radius 2 is 2.36 bits per heavy atom. The van der Waals surface area contributed by atoms with Crippen LogP contribution in [0.2, 0.25) is 0 Å². The number of carbonyl (C=O) groups is 1. The van der Waals surface area contributed by atoms with E-state index in [1.165, 1.54) is 0 Å². The van der Waals surface area contributed by atoms with Gasteiger partial charge in [0.2, 0.25) is 5.91 Å². The van der Waals surface area contributed by atoms with Crippen molar-refractivity contribution < 1.29 is 4.79 Å². The average molecular weight is 174 g/mol. The number of carbonyl (C=O) groups excluding carboxylic acids is 1. The maximum Gasteiger partial charge on any atom is 0.240 e. The van der Waals surface area contributed by atoms with Gasteiger partial charge in [0.1, 0.15) is 5.38 Å². The van der Waals surface area contributed by atoms with Crippen LogP contribution in [0.5, 0.6) is 0 Å². The first-order chi connectivity index (χ1) is 5.22. The van der Waals surface area contributed by atoms with Crippen LogP contribution in [0.3, 0.4) is 0 Å². The average Bonchev–Trinajstić information content (AvgIpc) is 2.05. The third-order valence-corrected chi connectivity index (χ3v) is 1.90. The van der Waals surface area contributed by atoms with Crippen LogP contribution in [0.15, 0.2) is 12.2 Å². The Morgan fingerprint density at radius 3 is 2.82 bits per heavy atom. The van der Waals surface area contributed by atoms with Crippen molar-refractivity contribution in [1.29, 1.82) is 0 Å². The monoisotopic (exact) mass is 173 g/mol. The minimum absolute atomic E-state index is 0.0380. The molecule has 62 valence electrons. The summed E-state index contributed by atoms with van der Waals surface area (Å²) in [7, 11) is 0. The Hall–Kier alpha value is -0.500. The molecule has 0 aromatic carbocycles. The van der Waals surface area contributed by atoms with Gasteiger partial charge in [0.15, 0.2) is 0 Å². The van der Waals surface area contributed by atoms with Gasteiger partial charge in [-0.15, -0.1) is 11.6 Å². The lowest BCUT2D eigenvalue weighted by molar-refractivity contribution is -0.130. The molecule has 0 bridgehead atoms. The summed E-state index contributed by atoms with van der Waals surface area (Å²) in [6.45, 7) is 3.24. The van der Waals surface area contributed by atoms with Crippen molar-refractivity contribution >= 4 is 17.5 Å². The van der Waals surface area contributed by atoms with E-state index in [0.29, 0.717) is 0 Å². The molecule has 0 fully saturated rings. The second-order valence-corrected chi connectivity index (χ2v) is 3.31. The molecule has 1 aliphatic heterocycles. The van der Waals surface area contributed by atoms with Crippen LogP contribution in [0.4, 0.5) is 0 Å². The van der Waals surface area contributed by atoms with Crippen molar-refractivity contribution in [3.63, 3.8) is 0 Å². The van der Waals surface area contributed by atoms with Crippen LogP contribution in [0.1, 0.15) is 13.3 Å². The molecule has 0 saturated carbocycles. The van der Waals surface area contributed by atoms with Crippen molar-refractivity contribution in [1.82, 2.24) is 4.90 Å². The number of halogens is 1. The third kappa shape index (κ3) is 2.22. The molecule has 1 amide bonds. The van der Waals surface area contributed by atoms with Gasteiger partial charge >= 0.3 is 0 Å². The highest BCUT2D eigenvalue weighted by molar-refractivity contribution is 6.30. The second kappa shape index (κ2) is 3.77. The van der Waals surface area contributed by atoms with E-state index in [9.17, 15) is 4.79 Å². The Labute approximate surface area is 71.8 Å². The fraction of sp³-hybridized carbons (Fsp3) is 0.625. The van der Waals surface area contributed by atoms with Gasteiger partial charge in [-0.3, -0.25) is 4.79 Å². The number of rotatable bonds is 1. The zero-order valence-corrected chi connectivity index (χ0v) is 7.34. The number of hydrogen-bond donors (Lipinski definition) is 0. The summed E-state index contributed by atoms with van der Waals surface area (Å²) in [5, 5.41) is -0.388. The molecule has 1 heterocycles. The lowest BCUT2D eigenvalue weighted by atomic mass is 10.2. The maximum absolute atomic E-state index is 11.3. The van der Waals surface area contributed by atoms with Gasteiger partial charge < -0.3 is 4.90 Å². The van der Waals surface area contributed by atoms with Gasteiger partial charge in [0, 0.05) is 13.1 Å². The van der Waals surface area contributed by atoms with Crippen LogP contribution >= 0.6 is 11.6 Å². The quantitative estimate of drug-likeness (QED) is 0.434. The molecule has 0 saturated heterocycles. The summed E-state index contributed by atoms with van der Waals surface area (Å²) in [5.41, 5.74) is 0. The summed E-state index contributed by atoms with van der Waals surface area (Å²) < 4.78 is 0. The van der Waals surface area contributed by atoms with Crippen LogP contribution in [-0.2, 0) is 4.79 Å². The van der Waals surface area contributed by atoms with E-state index < -0.39 is 0 Å². The van der Waals surface area contributed by atoms with Crippen LogP contribution in [-0.4, -0.2) is 29.3 Å². The first-order valence-electron chi connectivity index (χ1n) is 3.79. The van der Waals surface area contributed by atoms with E-state index in [4.69, 9.17) is 11.6 Å². The van der Waals surface area contributed by atoms with Gasteiger partial charge in [-0.2, -0.15) is 0 Å². The summed E-state index contributed by atoms with van der Waals surface area (Å²) in [4.78, 5) is 13.0. The molecular weight excluding hydrogens is 162 g/mol. The molecule has 0 aromatic heterocycles. The van der Waals surface area contributed by atoms with E-state index in [0.717, 1.165) is 19.5 Å². The van der Waals surface area contributed by atoms with E-state index in [2.05, 4.69) is 6.08 Å². The summed E-state index contributed by atoms with van der Waals surface area (Å²) in [5.74, 6) is 0.0380. The Kier molecular flexibility index (Phi) is 2.94. The van der Waals surface area contributed by atoms with Gasteiger partial charge in [0.25, 0.3) is 0 Å².